The van der Waals surface area contributed by atoms with Crippen LogP contribution in [0.15, 0.2) is 18.2 Å². The highest BCUT2D eigenvalue weighted by Crippen LogP contribution is 2.20. The first-order chi connectivity index (χ1) is 8.08. The molecule has 92 valence electrons. The topological polar surface area (TPSA) is 63.6 Å². The van der Waals surface area contributed by atoms with E-state index in [2.05, 4.69) is 0 Å². The second-order valence-electron chi connectivity index (χ2n) is 3.41. The number of carbonyl (C=O) groups is 2. The van der Waals surface area contributed by atoms with Crippen molar-refractivity contribution in [1.29, 1.82) is 0 Å². The first-order valence-corrected chi connectivity index (χ1v) is 5.68. The number of aromatic hydroxyl groups is 1. The van der Waals surface area contributed by atoms with E-state index < -0.39 is 5.97 Å². The third-order valence-corrected chi connectivity index (χ3v) is 2.43. The maximum atomic E-state index is 11.4. The van der Waals surface area contributed by atoms with Gasteiger partial charge in [-0.3, -0.25) is 4.79 Å². The molecule has 0 aliphatic carbocycles. The molecule has 1 N–H and O–H groups in total. The average Bonchev–Trinajstić information content (AvgIpc) is 2.31. The fourth-order valence-electron chi connectivity index (χ4n) is 1.31. The van der Waals surface area contributed by atoms with Crippen LogP contribution in [0.25, 0.3) is 0 Å². The molecule has 0 aliphatic rings. The highest BCUT2D eigenvalue weighted by molar-refractivity contribution is 6.27. The molecule has 0 bridgehead atoms. The van der Waals surface area contributed by atoms with E-state index in [-0.39, 0.29) is 36.0 Å². The number of carbonyl (C=O) groups excluding carboxylic acids is 2. The second-order valence-corrected chi connectivity index (χ2v) is 3.68. The summed E-state index contributed by atoms with van der Waals surface area (Å²) >= 11 is 5.37. The predicted octanol–water partition coefficient (Wildman–Crippen LogP) is 1.92. The average molecular weight is 257 g/mol. The highest BCUT2D eigenvalue weighted by atomic mass is 35.5. The van der Waals surface area contributed by atoms with E-state index >= 15 is 0 Å². The molecule has 1 rings (SSSR count). The molecule has 0 unspecified atom stereocenters. The predicted molar refractivity (Wildman–Crippen MR) is 63.5 cm³/mol. The number of Topliss-reactive ketones (excluding diaryl/α,β-unsaturated/α-hetero) is 1. The van der Waals surface area contributed by atoms with Crippen molar-refractivity contribution < 1.29 is 19.4 Å². The molecule has 17 heavy (non-hydrogen) atoms. The molecular formula is C12H13ClO4. The Morgan fingerprint density at radius 1 is 1.41 bits per heavy atom. The minimum Gasteiger partial charge on any atom is -0.508 e. The zero-order valence-electron chi connectivity index (χ0n) is 9.40. The van der Waals surface area contributed by atoms with Crippen LogP contribution in [-0.4, -0.2) is 29.3 Å². The molecule has 0 aliphatic heterocycles. The van der Waals surface area contributed by atoms with Crippen LogP contribution in [0.4, 0.5) is 0 Å². The molecule has 4 nitrogen and oxygen atoms in total. The number of ketones is 1. The second kappa shape index (κ2) is 6.25. The summed E-state index contributed by atoms with van der Waals surface area (Å²) in [7, 11) is 0. The quantitative estimate of drug-likeness (QED) is 0.646. The van der Waals surface area contributed by atoms with Crippen molar-refractivity contribution in [3.63, 3.8) is 0 Å². The summed E-state index contributed by atoms with van der Waals surface area (Å²) in [5, 5.41) is 9.65. The SMILES string of the molecule is CCOC(=O)c1ccc(CC(=O)CCl)c(O)c1. The van der Waals surface area contributed by atoms with Crippen molar-refractivity contribution in [2.24, 2.45) is 0 Å². The third-order valence-electron chi connectivity index (χ3n) is 2.13. The number of ether oxygens (including phenoxy) is 1. The first-order valence-electron chi connectivity index (χ1n) is 5.15. The van der Waals surface area contributed by atoms with Gasteiger partial charge in [0, 0.05) is 12.0 Å². The van der Waals surface area contributed by atoms with Gasteiger partial charge in [-0.25, -0.2) is 4.79 Å². The van der Waals surface area contributed by atoms with Crippen molar-refractivity contribution in [2.45, 2.75) is 13.3 Å². The van der Waals surface area contributed by atoms with Crippen molar-refractivity contribution >= 4 is 23.4 Å². The number of esters is 1. The molecular weight excluding hydrogens is 244 g/mol. The summed E-state index contributed by atoms with van der Waals surface area (Å²) in [5.41, 5.74) is 0.704. The van der Waals surface area contributed by atoms with Crippen LogP contribution >= 0.6 is 11.6 Å². The summed E-state index contributed by atoms with van der Waals surface area (Å²) in [6.07, 6.45) is 0.0540. The van der Waals surface area contributed by atoms with Crippen LogP contribution in [0.3, 0.4) is 0 Å². The summed E-state index contributed by atoms with van der Waals surface area (Å²) < 4.78 is 4.79. The number of phenolic OH excluding ortho intramolecular Hbond substituents is 1. The number of phenols is 1. The summed E-state index contributed by atoms with van der Waals surface area (Å²) in [6, 6.07) is 4.31. The monoisotopic (exact) mass is 256 g/mol. The van der Waals surface area contributed by atoms with E-state index in [9.17, 15) is 14.7 Å². The van der Waals surface area contributed by atoms with E-state index in [0.717, 1.165) is 0 Å². The molecule has 1 aromatic carbocycles. The number of halogens is 1. The lowest BCUT2D eigenvalue weighted by atomic mass is 10.1. The van der Waals surface area contributed by atoms with Gasteiger partial charge in [-0.15, -0.1) is 11.6 Å². The Bertz CT molecular complexity index is 429. The molecule has 5 heteroatoms. The van der Waals surface area contributed by atoms with Crippen molar-refractivity contribution in [3.05, 3.63) is 29.3 Å². The van der Waals surface area contributed by atoms with Crippen LogP contribution in [0.2, 0.25) is 0 Å². The Labute approximate surface area is 104 Å². The van der Waals surface area contributed by atoms with Gasteiger partial charge in [0.1, 0.15) is 5.75 Å². The smallest absolute Gasteiger partial charge is 0.338 e. The van der Waals surface area contributed by atoms with Crippen molar-refractivity contribution in [3.8, 4) is 5.75 Å². The maximum absolute atomic E-state index is 11.4. The van der Waals surface area contributed by atoms with Gasteiger partial charge in [0.15, 0.2) is 5.78 Å². The highest BCUT2D eigenvalue weighted by Gasteiger charge is 2.11. The molecule has 0 aromatic heterocycles. The normalized spacial score (nSPS) is 10.0. The molecule has 0 fully saturated rings. The number of benzene rings is 1. The van der Waals surface area contributed by atoms with Crippen LogP contribution in [0.1, 0.15) is 22.8 Å². The molecule has 0 radical (unpaired) electrons. The molecule has 0 atom stereocenters. The Kier molecular flexibility index (Phi) is 4.97. The summed E-state index contributed by atoms with van der Waals surface area (Å²) in [6.45, 7) is 1.97. The minimum atomic E-state index is -0.502. The third kappa shape index (κ3) is 3.75. The van der Waals surface area contributed by atoms with Gasteiger partial charge in [0.05, 0.1) is 18.1 Å². The van der Waals surface area contributed by atoms with E-state index in [4.69, 9.17) is 16.3 Å². The zero-order chi connectivity index (χ0) is 12.8. The molecule has 1 aromatic rings. The van der Waals surface area contributed by atoms with Crippen LogP contribution in [-0.2, 0) is 16.0 Å². The van der Waals surface area contributed by atoms with Crippen molar-refractivity contribution in [2.75, 3.05) is 12.5 Å². The standard InChI is InChI=1S/C12H13ClO4/c1-2-17-12(16)9-4-3-8(11(15)6-9)5-10(14)7-13/h3-4,6,15H,2,5,7H2,1H3. The van der Waals surface area contributed by atoms with Gasteiger partial charge in [-0.05, 0) is 19.1 Å². The largest absolute Gasteiger partial charge is 0.508 e. The lowest BCUT2D eigenvalue weighted by molar-refractivity contribution is -0.116. The van der Waals surface area contributed by atoms with Gasteiger partial charge < -0.3 is 9.84 Å². The Hall–Kier alpha value is -1.55. The molecule has 0 amide bonds. The van der Waals surface area contributed by atoms with Crippen molar-refractivity contribution in [1.82, 2.24) is 0 Å². The van der Waals surface area contributed by atoms with E-state index in [0.29, 0.717) is 5.56 Å². The zero-order valence-corrected chi connectivity index (χ0v) is 10.2. The van der Waals surface area contributed by atoms with Gasteiger partial charge in [-0.2, -0.15) is 0 Å². The molecule has 0 saturated heterocycles. The lowest BCUT2D eigenvalue weighted by Crippen LogP contribution is -2.07. The maximum Gasteiger partial charge on any atom is 0.338 e. The Morgan fingerprint density at radius 2 is 2.12 bits per heavy atom. The number of hydrogen-bond acceptors (Lipinski definition) is 4. The molecule has 0 saturated carbocycles. The first kappa shape index (κ1) is 13.5. The fourth-order valence-corrected chi connectivity index (χ4v) is 1.41. The summed E-state index contributed by atoms with van der Waals surface area (Å²) in [4.78, 5) is 22.5. The van der Waals surface area contributed by atoms with Crippen LogP contribution < -0.4 is 0 Å². The lowest BCUT2D eigenvalue weighted by Gasteiger charge is -2.06. The Balaban J connectivity index is 2.86. The molecule has 0 heterocycles. The Morgan fingerprint density at radius 3 is 2.65 bits per heavy atom. The van der Waals surface area contributed by atoms with Gasteiger partial charge in [0.25, 0.3) is 0 Å². The number of alkyl halides is 1. The minimum absolute atomic E-state index is 0.0540. The van der Waals surface area contributed by atoms with Gasteiger partial charge in [-0.1, -0.05) is 6.07 Å². The number of hydrogen-bond donors (Lipinski definition) is 1. The van der Waals surface area contributed by atoms with Gasteiger partial charge >= 0.3 is 5.97 Å². The van der Waals surface area contributed by atoms with E-state index in [1.165, 1.54) is 18.2 Å². The number of rotatable bonds is 5. The van der Waals surface area contributed by atoms with E-state index in [1.807, 2.05) is 0 Å². The van der Waals surface area contributed by atoms with E-state index in [1.54, 1.807) is 6.92 Å². The van der Waals surface area contributed by atoms with Crippen LogP contribution in [0.5, 0.6) is 5.75 Å². The molecule has 0 spiro atoms. The summed E-state index contributed by atoms with van der Waals surface area (Å²) in [5.74, 6) is -0.892. The van der Waals surface area contributed by atoms with Crippen LogP contribution in [0, 0.1) is 0 Å². The fraction of sp³-hybridized carbons (Fsp3) is 0.333. The van der Waals surface area contributed by atoms with Gasteiger partial charge in [0.2, 0.25) is 0 Å².